The van der Waals surface area contributed by atoms with E-state index >= 15 is 0 Å². The van der Waals surface area contributed by atoms with E-state index in [-0.39, 0.29) is 6.03 Å². The lowest BCUT2D eigenvalue weighted by Gasteiger charge is -2.08. The normalized spacial score (nSPS) is 14.1. The Morgan fingerprint density at radius 2 is 1.62 bits per heavy atom. The van der Waals surface area contributed by atoms with Crippen LogP contribution in [0.3, 0.4) is 0 Å². The van der Waals surface area contributed by atoms with Crippen LogP contribution in [0.1, 0.15) is 38.0 Å². The molecule has 1 saturated carbocycles. The van der Waals surface area contributed by atoms with E-state index in [9.17, 15) is 4.79 Å². The van der Waals surface area contributed by atoms with Crippen LogP contribution < -0.4 is 10.6 Å². The molecule has 4 rings (SSSR count). The molecule has 0 spiro atoms. The number of urea groups is 1. The molecule has 1 aliphatic rings. The Morgan fingerprint density at radius 1 is 1.00 bits per heavy atom. The molecule has 3 aromatic rings. The number of amides is 2. The average Bonchev–Trinajstić information content (AvgIpc) is 3.40. The Morgan fingerprint density at radius 3 is 2.28 bits per heavy atom. The van der Waals surface area contributed by atoms with Crippen molar-refractivity contribution in [2.24, 2.45) is 5.92 Å². The Kier molecular flexibility index (Phi) is 6.10. The zero-order chi connectivity index (χ0) is 20.1. The number of halogens is 1. The third-order valence-electron chi connectivity index (χ3n) is 5.21. The average molecular weight is 411 g/mol. The van der Waals surface area contributed by atoms with E-state index in [2.05, 4.69) is 20.8 Å². The summed E-state index contributed by atoms with van der Waals surface area (Å²) in [7, 11) is 0. The molecule has 1 heterocycles. The first-order valence-electron chi connectivity index (χ1n) is 9.92. The zero-order valence-electron chi connectivity index (χ0n) is 16.0. The van der Waals surface area contributed by atoms with Crippen molar-refractivity contribution in [1.82, 2.24) is 10.1 Å². The highest BCUT2D eigenvalue weighted by Crippen LogP contribution is 2.29. The van der Waals surface area contributed by atoms with Gasteiger partial charge in [0.25, 0.3) is 0 Å². The van der Waals surface area contributed by atoms with Crippen molar-refractivity contribution in [1.29, 1.82) is 0 Å². The Labute approximate surface area is 174 Å². The molecule has 0 aliphatic heterocycles. The number of hydrogen-bond acceptors (Lipinski definition) is 4. The van der Waals surface area contributed by atoms with E-state index in [1.54, 1.807) is 24.3 Å². The lowest BCUT2D eigenvalue weighted by Crippen LogP contribution is -2.19. The van der Waals surface area contributed by atoms with Gasteiger partial charge in [-0.15, -0.1) is 0 Å². The van der Waals surface area contributed by atoms with Crippen LogP contribution in [-0.4, -0.2) is 16.2 Å². The number of nitrogens with zero attached hydrogens (tertiary/aromatic N) is 2. The third kappa shape index (κ3) is 5.35. The third-order valence-corrected chi connectivity index (χ3v) is 5.46. The first kappa shape index (κ1) is 19.5. The number of aryl methyl sites for hydroxylation is 1. The fourth-order valence-electron chi connectivity index (χ4n) is 3.63. The van der Waals surface area contributed by atoms with Gasteiger partial charge < -0.3 is 15.2 Å². The van der Waals surface area contributed by atoms with Crippen LogP contribution in [0.15, 0.2) is 53.1 Å². The lowest BCUT2D eigenvalue weighted by atomic mass is 10.0. The molecule has 2 aromatic carbocycles. The summed E-state index contributed by atoms with van der Waals surface area (Å²) >= 11 is 5.85. The largest absolute Gasteiger partial charge is 0.339 e. The van der Waals surface area contributed by atoms with Gasteiger partial charge in [-0.25, -0.2) is 4.79 Å². The molecule has 7 heteroatoms. The molecule has 2 N–H and O–H groups in total. The van der Waals surface area contributed by atoms with Crippen LogP contribution in [-0.2, 0) is 6.42 Å². The highest BCUT2D eigenvalue weighted by molar-refractivity contribution is 6.30. The summed E-state index contributed by atoms with van der Waals surface area (Å²) in [4.78, 5) is 16.6. The molecule has 1 fully saturated rings. The predicted octanol–water partition coefficient (Wildman–Crippen LogP) is 6.16. The van der Waals surface area contributed by atoms with Gasteiger partial charge in [0.15, 0.2) is 0 Å². The number of aromatic nitrogens is 2. The Hall–Kier alpha value is -2.86. The summed E-state index contributed by atoms with van der Waals surface area (Å²) in [5.41, 5.74) is 2.19. The van der Waals surface area contributed by atoms with Crippen LogP contribution in [0, 0.1) is 5.92 Å². The molecule has 150 valence electrons. The lowest BCUT2D eigenvalue weighted by molar-refractivity contribution is 0.262. The molecule has 0 unspecified atom stereocenters. The predicted molar refractivity (Wildman–Crippen MR) is 114 cm³/mol. The van der Waals surface area contributed by atoms with Gasteiger partial charge >= 0.3 is 6.03 Å². The van der Waals surface area contributed by atoms with Crippen molar-refractivity contribution in [2.45, 2.75) is 38.5 Å². The van der Waals surface area contributed by atoms with E-state index in [0.29, 0.717) is 28.1 Å². The van der Waals surface area contributed by atoms with Crippen molar-refractivity contribution in [3.8, 4) is 11.4 Å². The summed E-state index contributed by atoms with van der Waals surface area (Å²) in [5.74, 6) is 2.06. The van der Waals surface area contributed by atoms with E-state index < -0.39 is 0 Å². The molecule has 0 saturated heterocycles. The van der Waals surface area contributed by atoms with Gasteiger partial charge in [0.1, 0.15) is 0 Å². The topological polar surface area (TPSA) is 80.0 Å². The maximum atomic E-state index is 12.1. The number of anilines is 2. The number of hydrogen-bond donors (Lipinski definition) is 2. The molecular weight excluding hydrogens is 388 g/mol. The van der Waals surface area contributed by atoms with Gasteiger partial charge in [0, 0.05) is 28.4 Å². The number of carbonyl (C=O) groups excluding carboxylic acids is 1. The van der Waals surface area contributed by atoms with Gasteiger partial charge in [-0.3, -0.25) is 0 Å². The molecule has 0 atom stereocenters. The van der Waals surface area contributed by atoms with Crippen molar-refractivity contribution in [3.05, 3.63) is 59.4 Å². The van der Waals surface area contributed by atoms with Gasteiger partial charge in [-0.05, 0) is 60.9 Å². The molecule has 1 aromatic heterocycles. The quantitative estimate of drug-likeness (QED) is 0.510. The van der Waals surface area contributed by atoms with Crippen LogP contribution in [0.4, 0.5) is 16.2 Å². The summed E-state index contributed by atoms with van der Waals surface area (Å²) in [6, 6.07) is 14.0. The summed E-state index contributed by atoms with van der Waals surface area (Å²) in [5, 5.41) is 10.3. The van der Waals surface area contributed by atoms with Crippen molar-refractivity contribution in [3.63, 3.8) is 0 Å². The van der Waals surface area contributed by atoms with E-state index in [0.717, 1.165) is 24.3 Å². The maximum Gasteiger partial charge on any atom is 0.323 e. The smallest absolute Gasteiger partial charge is 0.323 e. The Balaban J connectivity index is 1.31. The molecular formula is C22H23ClN4O2. The van der Waals surface area contributed by atoms with Crippen molar-refractivity contribution < 1.29 is 9.32 Å². The van der Waals surface area contributed by atoms with Crippen LogP contribution in [0.5, 0.6) is 0 Å². The second-order valence-corrected chi connectivity index (χ2v) is 7.80. The van der Waals surface area contributed by atoms with Crippen molar-refractivity contribution in [2.75, 3.05) is 10.6 Å². The van der Waals surface area contributed by atoms with E-state index in [1.165, 1.54) is 25.7 Å². The molecule has 0 bridgehead atoms. The molecule has 1 aliphatic carbocycles. The van der Waals surface area contributed by atoms with Gasteiger partial charge in [-0.1, -0.05) is 42.4 Å². The van der Waals surface area contributed by atoms with E-state index in [4.69, 9.17) is 16.1 Å². The minimum Gasteiger partial charge on any atom is -0.339 e. The van der Waals surface area contributed by atoms with Crippen LogP contribution >= 0.6 is 11.6 Å². The number of benzene rings is 2. The zero-order valence-corrected chi connectivity index (χ0v) is 16.8. The highest BCUT2D eigenvalue weighted by Gasteiger charge is 2.17. The second-order valence-electron chi connectivity index (χ2n) is 7.36. The molecule has 29 heavy (non-hydrogen) atoms. The summed E-state index contributed by atoms with van der Waals surface area (Å²) < 4.78 is 5.40. The van der Waals surface area contributed by atoms with E-state index in [1.807, 2.05) is 24.3 Å². The minimum absolute atomic E-state index is 0.325. The molecule has 6 nitrogen and oxygen atoms in total. The fourth-order valence-corrected chi connectivity index (χ4v) is 3.76. The highest BCUT2D eigenvalue weighted by atomic mass is 35.5. The van der Waals surface area contributed by atoms with Gasteiger partial charge in [0.2, 0.25) is 11.7 Å². The van der Waals surface area contributed by atoms with Crippen LogP contribution in [0.2, 0.25) is 5.02 Å². The molecule has 0 radical (unpaired) electrons. The summed E-state index contributed by atoms with van der Waals surface area (Å²) in [6.45, 7) is 0. The van der Waals surface area contributed by atoms with Crippen molar-refractivity contribution >= 4 is 29.0 Å². The molecule has 2 amide bonds. The monoisotopic (exact) mass is 410 g/mol. The first-order chi connectivity index (χ1) is 14.2. The standard InChI is InChI=1S/C22H23ClN4O2/c23-17-8-12-19(13-9-17)25-22(28)24-18-10-6-16(7-11-18)21-26-20(29-27-21)14-5-15-3-1-2-4-15/h6-13,15H,1-5,14H2,(H2,24,25,28). The first-order valence-corrected chi connectivity index (χ1v) is 10.3. The number of rotatable bonds is 6. The SMILES string of the molecule is O=C(Nc1ccc(Cl)cc1)Nc1ccc(-c2noc(CCC3CCCC3)n2)cc1. The van der Waals surface area contributed by atoms with Gasteiger partial charge in [0.05, 0.1) is 0 Å². The Bertz CT molecular complexity index is 948. The van der Waals surface area contributed by atoms with Crippen LogP contribution in [0.25, 0.3) is 11.4 Å². The number of nitrogens with one attached hydrogen (secondary N) is 2. The second kappa shape index (κ2) is 9.09. The fraction of sp³-hybridized carbons (Fsp3) is 0.318. The number of carbonyl (C=O) groups is 1. The van der Waals surface area contributed by atoms with Gasteiger partial charge in [-0.2, -0.15) is 4.98 Å². The summed E-state index contributed by atoms with van der Waals surface area (Å²) in [6.07, 6.45) is 7.28. The minimum atomic E-state index is -0.325. The maximum absolute atomic E-state index is 12.1.